The first-order valence-electron chi connectivity index (χ1n) is 7.50. The molecular weight excluding hydrogens is 338 g/mol. The van der Waals surface area contributed by atoms with Crippen LogP contribution in [0.25, 0.3) is 0 Å². The SMILES string of the molecule is CC(=O)c1cccc(N/C=C(/C#N)C(=O)NCc2ccc(Cl)cc2)c1. The highest BCUT2D eigenvalue weighted by Crippen LogP contribution is 2.12. The van der Waals surface area contributed by atoms with Gasteiger partial charge in [0.1, 0.15) is 11.6 Å². The number of nitrogens with zero attached hydrogens (tertiary/aromatic N) is 1. The van der Waals surface area contributed by atoms with Gasteiger partial charge in [-0.3, -0.25) is 9.59 Å². The second-order valence-electron chi connectivity index (χ2n) is 5.26. The number of hydrogen-bond acceptors (Lipinski definition) is 4. The van der Waals surface area contributed by atoms with Gasteiger partial charge in [-0.15, -0.1) is 0 Å². The summed E-state index contributed by atoms with van der Waals surface area (Å²) in [4.78, 5) is 23.5. The lowest BCUT2D eigenvalue weighted by atomic mass is 10.1. The monoisotopic (exact) mass is 353 g/mol. The van der Waals surface area contributed by atoms with E-state index in [-0.39, 0.29) is 17.9 Å². The molecule has 0 spiro atoms. The van der Waals surface area contributed by atoms with Crippen LogP contribution in [-0.2, 0) is 11.3 Å². The number of ketones is 1. The molecule has 2 N–H and O–H groups in total. The fraction of sp³-hybridized carbons (Fsp3) is 0.105. The molecule has 6 heteroatoms. The van der Waals surface area contributed by atoms with Crippen molar-refractivity contribution in [2.75, 3.05) is 5.32 Å². The van der Waals surface area contributed by atoms with Crippen LogP contribution in [0.2, 0.25) is 5.02 Å². The molecule has 0 bridgehead atoms. The van der Waals surface area contributed by atoms with E-state index in [1.165, 1.54) is 13.1 Å². The van der Waals surface area contributed by atoms with Crippen molar-refractivity contribution in [1.82, 2.24) is 5.32 Å². The number of halogens is 1. The van der Waals surface area contributed by atoms with Crippen molar-refractivity contribution >= 4 is 29.0 Å². The molecule has 0 fully saturated rings. The highest BCUT2D eigenvalue weighted by molar-refractivity contribution is 6.30. The normalized spacial score (nSPS) is 10.7. The van der Waals surface area contributed by atoms with Gasteiger partial charge in [-0.2, -0.15) is 5.26 Å². The Morgan fingerprint density at radius 2 is 1.92 bits per heavy atom. The minimum Gasteiger partial charge on any atom is -0.360 e. The fourth-order valence-electron chi connectivity index (χ4n) is 2.01. The number of carbonyl (C=O) groups is 2. The van der Waals surface area contributed by atoms with E-state index in [0.29, 0.717) is 16.3 Å². The molecule has 2 aromatic rings. The Balaban J connectivity index is 2.00. The first-order chi connectivity index (χ1) is 12.0. The highest BCUT2D eigenvalue weighted by atomic mass is 35.5. The molecule has 0 heterocycles. The number of hydrogen-bond donors (Lipinski definition) is 2. The van der Waals surface area contributed by atoms with Gasteiger partial charge in [-0.1, -0.05) is 35.9 Å². The number of nitriles is 1. The van der Waals surface area contributed by atoms with E-state index in [4.69, 9.17) is 16.9 Å². The molecule has 25 heavy (non-hydrogen) atoms. The van der Waals surface area contributed by atoms with Crippen LogP contribution in [0, 0.1) is 11.3 Å². The van der Waals surface area contributed by atoms with Crippen molar-refractivity contribution in [1.29, 1.82) is 5.26 Å². The number of benzene rings is 2. The van der Waals surface area contributed by atoms with Crippen molar-refractivity contribution in [3.8, 4) is 6.07 Å². The summed E-state index contributed by atoms with van der Waals surface area (Å²) in [7, 11) is 0. The zero-order valence-electron chi connectivity index (χ0n) is 13.5. The topological polar surface area (TPSA) is 82.0 Å². The second kappa shape index (κ2) is 8.67. The number of rotatable bonds is 6. The molecule has 126 valence electrons. The maximum absolute atomic E-state index is 12.1. The number of carbonyl (C=O) groups excluding carboxylic acids is 2. The predicted molar refractivity (Wildman–Crippen MR) is 97.1 cm³/mol. The fourth-order valence-corrected chi connectivity index (χ4v) is 2.14. The zero-order chi connectivity index (χ0) is 18.2. The van der Waals surface area contributed by atoms with E-state index < -0.39 is 5.91 Å². The highest BCUT2D eigenvalue weighted by Gasteiger charge is 2.08. The van der Waals surface area contributed by atoms with Crippen LogP contribution in [-0.4, -0.2) is 11.7 Å². The molecule has 0 radical (unpaired) electrons. The third-order valence-electron chi connectivity index (χ3n) is 3.38. The van der Waals surface area contributed by atoms with Crippen LogP contribution in [0.3, 0.4) is 0 Å². The van der Waals surface area contributed by atoms with Crippen molar-refractivity contribution < 1.29 is 9.59 Å². The predicted octanol–water partition coefficient (Wildman–Crippen LogP) is 3.68. The molecule has 0 unspecified atom stereocenters. The standard InChI is InChI=1S/C19H16ClN3O2/c1-13(24)15-3-2-4-18(9-15)22-12-16(10-21)19(25)23-11-14-5-7-17(20)8-6-14/h2-9,12,22H,11H2,1H3,(H,23,25)/b16-12-. The van der Waals surface area contributed by atoms with Gasteiger partial charge in [0, 0.05) is 29.0 Å². The Morgan fingerprint density at radius 1 is 1.20 bits per heavy atom. The second-order valence-corrected chi connectivity index (χ2v) is 5.70. The molecular formula is C19H16ClN3O2. The summed E-state index contributed by atoms with van der Waals surface area (Å²) >= 11 is 5.81. The van der Waals surface area contributed by atoms with E-state index >= 15 is 0 Å². The zero-order valence-corrected chi connectivity index (χ0v) is 14.3. The molecule has 0 aromatic heterocycles. The van der Waals surface area contributed by atoms with E-state index in [2.05, 4.69) is 10.6 Å². The summed E-state index contributed by atoms with van der Waals surface area (Å²) < 4.78 is 0. The Labute approximate surface area is 150 Å². The van der Waals surface area contributed by atoms with E-state index in [1.54, 1.807) is 48.5 Å². The minimum atomic E-state index is -0.493. The molecule has 2 rings (SSSR count). The maximum atomic E-state index is 12.1. The maximum Gasteiger partial charge on any atom is 0.263 e. The number of amides is 1. The summed E-state index contributed by atoms with van der Waals surface area (Å²) in [6.45, 7) is 1.76. The van der Waals surface area contributed by atoms with Gasteiger partial charge in [0.2, 0.25) is 0 Å². The summed E-state index contributed by atoms with van der Waals surface area (Å²) in [5.41, 5.74) is 1.97. The van der Waals surface area contributed by atoms with E-state index in [0.717, 1.165) is 5.56 Å². The van der Waals surface area contributed by atoms with Crippen molar-refractivity contribution in [3.63, 3.8) is 0 Å². The summed E-state index contributed by atoms with van der Waals surface area (Å²) in [5.74, 6) is -0.554. The number of anilines is 1. The minimum absolute atomic E-state index is 0.0613. The average Bonchev–Trinajstić information content (AvgIpc) is 2.62. The Bertz CT molecular complexity index is 852. The van der Waals surface area contributed by atoms with Crippen LogP contribution in [0.4, 0.5) is 5.69 Å². The van der Waals surface area contributed by atoms with E-state index in [1.807, 2.05) is 6.07 Å². The van der Waals surface area contributed by atoms with Gasteiger partial charge in [0.15, 0.2) is 5.78 Å². The molecule has 0 aliphatic rings. The molecule has 0 saturated carbocycles. The van der Waals surface area contributed by atoms with Crippen molar-refractivity contribution in [3.05, 3.63) is 76.5 Å². The number of Topliss-reactive ketones (excluding diaryl/α,β-unsaturated/α-hetero) is 1. The first-order valence-corrected chi connectivity index (χ1v) is 7.88. The lowest BCUT2D eigenvalue weighted by Crippen LogP contribution is -2.24. The lowest BCUT2D eigenvalue weighted by molar-refractivity contribution is -0.117. The lowest BCUT2D eigenvalue weighted by Gasteiger charge is -2.06. The average molecular weight is 354 g/mol. The van der Waals surface area contributed by atoms with Gasteiger partial charge < -0.3 is 10.6 Å². The molecule has 0 saturated heterocycles. The van der Waals surface area contributed by atoms with Gasteiger partial charge in [-0.25, -0.2) is 0 Å². The largest absolute Gasteiger partial charge is 0.360 e. The number of nitrogens with one attached hydrogen (secondary N) is 2. The smallest absolute Gasteiger partial charge is 0.263 e. The molecule has 0 aliphatic carbocycles. The van der Waals surface area contributed by atoms with Gasteiger partial charge >= 0.3 is 0 Å². The van der Waals surface area contributed by atoms with Crippen LogP contribution in [0.1, 0.15) is 22.8 Å². The van der Waals surface area contributed by atoms with Crippen molar-refractivity contribution in [2.24, 2.45) is 0 Å². The molecule has 0 aliphatic heterocycles. The molecule has 0 atom stereocenters. The summed E-state index contributed by atoms with van der Waals surface area (Å²) in [6.07, 6.45) is 1.32. The summed E-state index contributed by atoms with van der Waals surface area (Å²) in [6, 6.07) is 15.7. The summed E-state index contributed by atoms with van der Waals surface area (Å²) in [5, 5.41) is 15.3. The van der Waals surface area contributed by atoms with Crippen LogP contribution >= 0.6 is 11.6 Å². The van der Waals surface area contributed by atoms with E-state index in [9.17, 15) is 9.59 Å². The third kappa shape index (κ3) is 5.48. The van der Waals surface area contributed by atoms with Gasteiger partial charge in [-0.05, 0) is 36.8 Å². The molecule has 5 nitrogen and oxygen atoms in total. The van der Waals surface area contributed by atoms with Crippen molar-refractivity contribution in [2.45, 2.75) is 13.5 Å². The quantitative estimate of drug-likeness (QED) is 0.471. The van der Waals surface area contributed by atoms with Crippen LogP contribution < -0.4 is 10.6 Å². The van der Waals surface area contributed by atoms with Crippen LogP contribution in [0.15, 0.2) is 60.3 Å². The Hall–Kier alpha value is -3.10. The first kappa shape index (κ1) is 18.2. The van der Waals surface area contributed by atoms with Crippen LogP contribution in [0.5, 0.6) is 0 Å². The Kier molecular flexibility index (Phi) is 6.33. The van der Waals surface area contributed by atoms with Gasteiger partial charge in [0.25, 0.3) is 5.91 Å². The molecule has 1 amide bonds. The Morgan fingerprint density at radius 3 is 2.56 bits per heavy atom. The molecule has 2 aromatic carbocycles. The van der Waals surface area contributed by atoms with Gasteiger partial charge in [0.05, 0.1) is 0 Å². The third-order valence-corrected chi connectivity index (χ3v) is 3.64.